The van der Waals surface area contributed by atoms with Gasteiger partial charge in [-0.15, -0.1) is 5.10 Å². The Kier molecular flexibility index (Phi) is 4.71. The zero-order valence-electron chi connectivity index (χ0n) is 13.6. The van der Waals surface area contributed by atoms with Gasteiger partial charge in [0.2, 0.25) is 5.89 Å². The van der Waals surface area contributed by atoms with E-state index < -0.39 is 0 Å². The molecule has 8 heteroatoms. The van der Waals surface area contributed by atoms with Crippen molar-refractivity contribution < 1.29 is 9.15 Å². The van der Waals surface area contributed by atoms with Gasteiger partial charge in [-0.2, -0.15) is 0 Å². The lowest BCUT2D eigenvalue weighted by molar-refractivity contribution is 0.0941. The predicted molar refractivity (Wildman–Crippen MR) is 93.3 cm³/mol. The molecule has 130 valence electrons. The standard InChI is InChI=1S/C17H18N4O3S/c22-16-19-20-17(21(16)9-14-7-4-8-23-14)25-11-13-10-24-15(18-13)12-5-2-1-3-6-12/h1-3,5-6,10,14H,4,7-9,11H2,(H,19,22). The molecule has 0 spiro atoms. The number of nitrogens with zero attached hydrogens (tertiary/aromatic N) is 3. The van der Waals surface area contributed by atoms with Crippen molar-refractivity contribution in [1.29, 1.82) is 0 Å². The quantitative estimate of drug-likeness (QED) is 0.682. The molecule has 0 aliphatic carbocycles. The molecular formula is C17H18N4O3S. The SMILES string of the molecule is O=c1[nH]nc(SCc2coc(-c3ccccc3)n2)n1CC1CCCO1. The fraction of sp³-hybridized carbons (Fsp3) is 0.353. The van der Waals surface area contributed by atoms with E-state index in [9.17, 15) is 4.79 Å². The van der Waals surface area contributed by atoms with Gasteiger partial charge in [0.15, 0.2) is 5.16 Å². The molecule has 1 aromatic carbocycles. The summed E-state index contributed by atoms with van der Waals surface area (Å²) < 4.78 is 12.8. The van der Waals surface area contributed by atoms with Gasteiger partial charge in [-0.05, 0) is 25.0 Å². The van der Waals surface area contributed by atoms with Crippen LogP contribution in [0, 0.1) is 0 Å². The third kappa shape index (κ3) is 3.69. The van der Waals surface area contributed by atoms with Gasteiger partial charge in [0, 0.05) is 17.9 Å². The number of thioether (sulfide) groups is 1. The zero-order valence-corrected chi connectivity index (χ0v) is 14.4. The Balaban J connectivity index is 1.43. The van der Waals surface area contributed by atoms with Crippen molar-refractivity contribution in [2.45, 2.75) is 36.4 Å². The molecular weight excluding hydrogens is 340 g/mol. The predicted octanol–water partition coefficient (Wildman–Crippen LogP) is 2.70. The first kappa shape index (κ1) is 16.2. The number of nitrogens with one attached hydrogen (secondary N) is 1. The summed E-state index contributed by atoms with van der Waals surface area (Å²) in [5.74, 6) is 1.17. The molecule has 1 saturated heterocycles. The molecule has 1 aliphatic heterocycles. The van der Waals surface area contributed by atoms with Gasteiger partial charge < -0.3 is 9.15 Å². The highest BCUT2D eigenvalue weighted by atomic mass is 32.2. The highest BCUT2D eigenvalue weighted by Crippen LogP contribution is 2.24. The summed E-state index contributed by atoms with van der Waals surface area (Å²) in [4.78, 5) is 16.5. The molecule has 0 bridgehead atoms. The lowest BCUT2D eigenvalue weighted by atomic mass is 10.2. The molecule has 1 unspecified atom stereocenters. The van der Waals surface area contributed by atoms with E-state index in [2.05, 4.69) is 15.2 Å². The van der Waals surface area contributed by atoms with Gasteiger partial charge >= 0.3 is 5.69 Å². The van der Waals surface area contributed by atoms with Crippen molar-refractivity contribution in [1.82, 2.24) is 19.7 Å². The molecule has 1 aliphatic rings. The molecule has 4 rings (SSSR count). The molecule has 0 radical (unpaired) electrons. The second-order valence-electron chi connectivity index (χ2n) is 5.86. The van der Waals surface area contributed by atoms with E-state index in [1.54, 1.807) is 10.8 Å². The van der Waals surface area contributed by atoms with E-state index in [4.69, 9.17) is 9.15 Å². The average Bonchev–Trinajstić information content (AvgIpc) is 3.38. The van der Waals surface area contributed by atoms with Crippen molar-refractivity contribution in [3.63, 3.8) is 0 Å². The number of ether oxygens (including phenoxy) is 1. The second-order valence-corrected chi connectivity index (χ2v) is 6.80. The Morgan fingerprint density at radius 3 is 3.00 bits per heavy atom. The van der Waals surface area contributed by atoms with E-state index >= 15 is 0 Å². The first-order chi connectivity index (χ1) is 12.3. The minimum Gasteiger partial charge on any atom is -0.444 e. The van der Waals surface area contributed by atoms with Crippen molar-refractivity contribution in [2.75, 3.05) is 6.61 Å². The number of oxazole rings is 1. The molecule has 1 fully saturated rings. The maximum absolute atomic E-state index is 12.0. The zero-order chi connectivity index (χ0) is 17.1. The Labute approximate surface area is 148 Å². The Bertz CT molecular complexity index is 881. The summed E-state index contributed by atoms with van der Waals surface area (Å²) in [7, 11) is 0. The number of benzene rings is 1. The molecule has 0 saturated carbocycles. The number of aromatic amines is 1. The smallest absolute Gasteiger partial charge is 0.344 e. The highest BCUT2D eigenvalue weighted by Gasteiger charge is 2.20. The van der Waals surface area contributed by atoms with Crippen molar-refractivity contribution in [2.24, 2.45) is 0 Å². The molecule has 0 amide bonds. The molecule has 3 aromatic rings. The van der Waals surface area contributed by atoms with Crippen LogP contribution < -0.4 is 5.69 Å². The normalized spacial score (nSPS) is 17.2. The average molecular weight is 358 g/mol. The fourth-order valence-electron chi connectivity index (χ4n) is 2.79. The van der Waals surface area contributed by atoms with Crippen LogP contribution in [0.25, 0.3) is 11.5 Å². The summed E-state index contributed by atoms with van der Waals surface area (Å²) in [6.45, 7) is 1.30. The Hall–Kier alpha value is -2.32. The van der Waals surface area contributed by atoms with Crippen LogP contribution in [0.2, 0.25) is 0 Å². The highest BCUT2D eigenvalue weighted by molar-refractivity contribution is 7.98. The van der Waals surface area contributed by atoms with Gasteiger partial charge in [-0.3, -0.25) is 4.57 Å². The van der Waals surface area contributed by atoms with Gasteiger partial charge in [0.05, 0.1) is 18.3 Å². The van der Waals surface area contributed by atoms with Crippen LogP contribution >= 0.6 is 11.8 Å². The van der Waals surface area contributed by atoms with Crippen LogP contribution in [-0.2, 0) is 17.0 Å². The monoisotopic (exact) mass is 358 g/mol. The third-order valence-corrected chi connectivity index (χ3v) is 5.07. The summed E-state index contributed by atoms with van der Waals surface area (Å²) in [5.41, 5.74) is 1.54. The molecule has 2 aromatic heterocycles. The summed E-state index contributed by atoms with van der Waals surface area (Å²) in [6, 6.07) is 9.75. The molecule has 3 heterocycles. The van der Waals surface area contributed by atoms with Crippen molar-refractivity contribution in [3.8, 4) is 11.5 Å². The van der Waals surface area contributed by atoms with Crippen molar-refractivity contribution in [3.05, 3.63) is 52.8 Å². The van der Waals surface area contributed by atoms with Crippen LogP contribution in [0.15, 0.2) is 51.0 Å². The van der Waals surface area contributed by atoms with Gasteiger partial charge in [0.1, 0.15) is 6.26 Å². The Morgan fingerprint density at radius 2 is 2.20 bits per heavy atom. The maximum Gasteiger partial charge on any atom is 0.344 e. The number of H-pyrrole nitrogens is 1. The van der Waals surface area contributed by atoms with Crippen LogP contribution in [0.3, 0.4) is 0 Å². The number of aromatic nitrogens is 4. The molecule has 7 nitrogen and oxygen atoms in total. The molecule has 1 atom stereocenters. The van der Waals surface area contributed by atoms with Crippen LogP contribution in [-0.4, -0.2) is 32.5 Å². The lowest BCUT2D eigenvalue weighted by Crippen LogP contribution is -2.24. The van der Waals surface area contributed by atoms with E-state index in [-0.39, 0.29) is 11.8 Å². The molecule has 1 N–H and O–H groups in total. The van der Waals surface area contributed by atoms with E-state index in [0.717, 1.165) is 30.7 Å². The first-order valence-electron chi connectivity index (χ1n) is 8.19. The minimum absolute atomic E-state index is 0.0892. The first-order valence-corrected chi connectivity index (χ1v) is 9.17. The Morgan fingerprint density at radius 1 is 1.32 bits per heavy atom. The van der Waals surface area contributed by atoms with Gasteiger partial charge in [0.25, 0.3) is 0 Å². The van der Waals surface area contributed by atoms with Gasteiger partial charge in [-0.1, -0.05) is 30.0 Å². The van der Waals surface area contributed by atoms with E-state index in [1.165, 1.54) is 11.8 Å². The third-order valence-electron chi connectivity index (χ3n) is 4.06. The van der Waals surface area contributed by atoms with Crippen LogP contribution in [0.4, 0.5) is 0 Å². The fourth-order valence-corrected chi connectivity index (χ4v) is 3.62. The number of hydrogen-bond acceptors (Lipinski definition) is 6. The summed E-state index contributed by atoms with van der Waals surface area (Å²) >= 11 is 1.46. The topological polar surface area (TPSA) is 85.9 Å². The number of rotatable bonds is 6. The largest absolute Gasteiger partial charge is 0.444 e. The number of hydrogen-bond donors (Lipinski definition) is 1. The summed E-state index contributed by atoms with van der Waals surface area (Å²) in [5, 5.41) is 7.27. The second kappa shape index (κ2) is 7.28. The van der Waals surface area contributed by atoms with E-state index in [0.29, 0.717) is 23.3 Å². The minimum atomic E-state index is -0.205. The van der Waals surface area contributed by atoms with Gasteiger partial charge in [-0.25, -0.2) is 14.9 Å². The molecule has 25 heavy (non-hydrogen) atoms. The summed E-state index contributed by atoms with van der Waals surface area (Å²) in [6.07, 6.45) is 3.75. The lowest BCUT2D eigenvalue weighted by Gasteiger charge is -2.10. The van der Waals surface area contributed by atoms with Crippen molar-refractivity contribution >= 4 is 11.8 Å². The van der Waals surface area contributed by atoms with Crippen LogP contribution in [0.1, 0.15) is 18.5 Å². The van der Waals surface area contributed by atoms with Crippen LogP contribution in [0.5, 0.6) is 0 Å². The maximum atomic E-state index is 12.0. The van der Waals surface area contributed by atoms with E-state index in [1.807, 2.05) is 30.3 Å².